The lowest BCUT2D eigenvalue weighted by Crippen LogP contribution is -2.05. The number of nitrogens with zero attached hydrogens (tertiary/aromatic N) is 1. The molecule has 22 heavy (non-hydrogen) atoms. The van der Waals surface area contributed by atoms with Crippen LogP contribution in [0.25, 0.3) is 0 Å². The molecule has 0 atom stereocenters. The van der Waals surface area contributed by atoms with E-state index in [0.29, 0.717) is 5.75 Å². The topological polar surface area (TPSA) is 101 Å². The Balaban J connectivity index is 2.17. The Bertz CT molecular complexity index is 692. The number of furan rings is 1. The van der Waals surface area contributed by atoms with E-state index in [1.807, 2.05) is 0 Å². The molecular weight excluding hydrogens is 294 g/mol. The third-order valence-corrected chi connectivity index (χ3v) is 2.87. The lowest BCUT2D eigenvalue weighted by atomic mass is 10.2. The molecular formula is C14H13NO7. The van der Waals surface area contributed by atoms with E-state index in [1.54, 1.807) is 0 Å². The highest BCUT2D eigenvalue weighted by Crippen LogP contribution is 2.31. The number of ether oxygens (including phenoxy) is 3. The number of carbonyl (C=O) groups excluding carboxylic acids is 1. The maximum Gasteiger partial charge on any atom is 0.341 e. The fourth-order valence-corrected chi connectivity index (χ4v) is 1.78. The first-order chi connectivity index (χ1) is 10.6. The molecule has 1 aromatic heterocycles. The number of nitro benzene ring substituents is 1. The van der Waals surface area contributed by atoms with Gasteiger partial charge in [-0.15, -0.1) is 0 Å². The zero-order valence-corrected chi connectivity index (χ0v) is 11.9. The molecule has 0 aliphatic rings. The Morgan fingerprint density at radius 1 is 1.27 bits per heavy atom. The second kappa shape index (κ2) is 6.61. The summed E-state index contributed by atoms with van der Waals surface area (Å²) in [5.74, 6) is 0.246. The SMILES string of the molecule is COC(=O)c1ccoc1COc1ccc([N+](=O)[O-])cc1OC. The van der Waals surface area contributed by atoms with Crippen LogP contribution < -0.4 is 9.47 Å². The summed E-state index contributed by atoms with van der Waals surface area (Å²) in [5.41, 5.74) is 0.140. The number of hydrogen-bond acceptors (Lipinski definition) is 7. The number of methoxy groups -OCH3 is 2. The van der Waals surface area contributed by atoms with Gasteiger partial charge in [-0.1, -0.05) is 0 Å². The van der Waals surface area contributed by atoms with Crippen LogP contribution in [0, 0.1) is 10.1 Å². The van der Waals surface area contributed by atoms with Gasteiger partial charge < -0.3 is 18.6 Å². The maximum absolute atomic E-state index is 11.5. The number of benzene rings is 1. The van der Waals surface area contributed by atoms with Crippen LogP contribution in [0.2, 0.25) is 0 Å². The number of non-ortho nitro benzene ring substituents is 1. The number of esters is 1. The van der Waals surface area contributed by atoms with Crippen LogP contribution in [0.1, 0.15) is 16.1 Å². The van der Waals surface area contributed by atoms with Gasteiger partial charge >= 0.3 is 5.97 Å². The number of hydrogen-bond donors (Lipinski definition) is 0. The van der Waals surface area contributed by atoms with Gasteiger partial charge in [0.15, 0.2) is 17.3 Å². The normalized spacial score (nSPS) is 10.1. The summed E-state index contributed by atoms with van der Waals surface area (Å²) in [6.07, 6.45) is 1.35. The van der Waals surface area contributed by atoms with Crippen molar-refractivity contribution in [1.29, 1.82) is 0 Å². The second-order valence-corrected chi connectivity index (χ2v) is 4.13. The average molecular weight is 307 g/mol. The van der Waals surface area contributed by atoms with Gasteiger partial charge in [-0.3, -0.25) is 10.1 Å². The molecule has 116 valence electrons. The second-order valence-electron chi connectivity index (χ2n) is 4.13. The molecule has 2 rings (SSSR count). The molecule has 8 nitrogen and oxygen atoms in total. The average Bonchev–Trinajstić information content (AvgIpc) is 3.00. The Hall–Kier alpha value is -3.03. The Labute approximate surface area is 125 Å². The molecule has 1 aromatic carbocycles. The van der Waals surface area contributed by atoms with Crippen molar-refractivity contribution in [3.05, 3.63) is 52.0 Å². The maximum atomic E-state index is 11.5. The van der Waals surface area contributed by atoms with Crippen molar-refractivity contribution in [3.8, 4) is 11.5 Å². The van der Waals surface area contributed by atoms with E-state index in [-0.39, 0.29) is 29.4 Å². The Morgan fingerprint density at radius 3 is 2.68 bits per heavy atom. The lowest BCUT2D eigenvalue weighted by Gasteiger charge is -2.09. The molecule has 0 aliphatic carbocycles. The third-order valence-electron chi connectivity index (χ3n) is 2.87. The van der Waals surface area contributed by atoms with Gasteiger partial charge in [-0.05, 0) is 12.1 Å². The number of nitro groups is 1. The van der Waals surface area contributed by atoms with Gasteiger partial charge in [0.05, 0.1) is 31.5 Å². The molecule has 0 spiro atoms. The van der Waals surface area contributed by atoms with E-state index < -0.39 is 10.9 Å². The zero-order chi connectivity index (χ0) is 16.1. The summed E-state index contributed by atoms with van der Waals surface area (Å²) >= 11 is 0. The lowest BCUT2D eigenvalue weighted by molar-refractivity contribution is -0.385. The molecule has 1 heterocycles. The molecule has 0 fully saturated rings. The Kier molecular flexibility index (Phi) is 4.62. The molecule has 0 radical (unpaired) electrons. The van der Waals surface area contributed by atoms with E-state index >= 15 is 0 Å². The van der Waals surface area contributed by atoms with Crippen molar-refractivity contribution in [1.82, 2.24) is 0 Å². The highest BCUT2D eigenvalue weighted by atomic mass is 16.6. The van der Waals surface area contributed by atoms with E-state index in [1.165, 1.54) is 44.7 Å². The highest BCUT2D eigenvalue weighted by Gasteiger charge is 2.17. The zero-order valence-electron chi connectivity index (χ0n) is 11.9. The molecule has 0 saturated heterocycles. The minimum absolute atomic E-state index is 0.0500. The standard InChI is InChI=1S/C14H13NO7/c1-19-12-7-9(15(17)18)3-4-11(12)22-8-13-10(5-6-21-13)14(16)20-2/h3-7H,8H2,1-2H3. The fraction of sp³-hybridized carbons (Fsp3) is 0.214. The largest absolute Gasteiger partial charge is 0.493 e. The smallest absolute Gasteiger partial charge is 0.341 e. The minimum atomic E-state index is -0.539. The van der Waals surface area contributed by atoms with Gasteiger partial charge in [0.1, 0.15) is 12.2 Å². The van der Waals surface area contributed by atoms with Crippen LogP contribution in [-0.4, -0.2) is 25.1 Å². The van der Waals surface area contributed by atoms with E-state index in [4.69, 9.17) is 13.9 Å². The van der Waals surface area contributed by atoms with Crippen LogP contribution in [0.15, 0.2) is 34.9 Å². The third kappa shape index (κ3) is 3.17. The molecule has 0 N–H and O–H groups in total. The van der Waals surface area contributed by atoms with Crippen LogP contribution in [0.3, 0.4) is 0 Å². The summed E-state index contributed by atoms with van der Waals surface area (Å²) in [4.78, 5) is 21.7. The summed E-state index contributed by atoms with van der Waals surface area (Å²) in [5, 5.41) is 10.7. The van der Waals surface area contributed by atoms with Gasteiger partial charge in [0.2, 0.25) is 0 Å². The first-order valence-corrected chi connectivity index (χ1v) is 6.16. The summed E-state index contributed by atoms with van der Waals surface area (Å²) in [7, 11) is 2.64. The van der Waals surface area contributed by atoms with Crippen molar-refractivity contribution in [2.75, 3.05) is 14.2 Å². The highest BCUT2D eigenvalue weighted by molar-refractivity contribution is 5.90. The van der Waals surface area contributed by atoms with Gasteiger partial charge in [0.25, 0.3) is 5.69 Å². The van der Waals surface area contributed by atoms with Crippen molar-refractivity contribution in [2.24, 2.45) is 0 Å². The first-order valence-electron chi connectivity index (χ1n) is 6.16. The van der Waals surface area contributed by atoms with Gasteiger partial charge in [-0.2, -0.15) is 0 Å². The van der Waals surface area contributed by atoms with Crippen molar-refractivity contribution in [3.63, 3.8) is 0 Å². The molecule has 0 saturated carbocycles. The molecule has 0 amide bonds. The van der Waals surface area contributed by atoms with E-state index in [0.717, 1.165) is 0 Å². The molecule has 0 aliphatic heterocycles. The van der Waals surface area contributed by atoms with Crippen LogP contribution >= 0.6 is 0 Å². The quantitative estimate of drug-likeness (QED) is 0.459. The van der Waals surface area contributed by atoms with Crippen LogP contribution in [-0.2, 0) is 11.3 Å². The summed E-state index contributed by atoms with van der Waals surface area (Å²) < 4.78 is 20.3. The molecule has 8 heteroatoms. The molecule has 0 unspecified atom stereocenters. The fourth-order valence-electron chi connectivity index (χ4n) is 1.78. The Morgan fingerprint density at radius 2 is 2.05 bits per heavy atom. The predicted octanol–water partition coefficient (Wildman–Crippen LogP) is 2.56. The summed E-state index contributed by atoms with van der Waals surface area (Å²) in [6.45, 7) is -0.0500. The minimum Gasteiger partial charge on any atom is -0.493 e. The first kappa shape index (κ1) is 15.4. The molecule has 2 aromatic rings. The van der Waals surface area contributed by atoms with Gasteiger partial charge in [-0.25, -0.2) is 4.79 Å². The van der Waals surface area contributed by atoms with Crippen molar-refractivity contribution in [2.45, 2.75) is 6.61 Å². The predicted molar refractivity (Wildman–Crippen MR) is 74.0 cm³/mol. The molecule has 0 bridgehead atoms. The number of rotatable bonds is 6. The van der Waals surface area contributed by atoms with Crippen molar-refractivity contribution >= 4 is 11.7 Å². The monoisotopic (exact) mass is 307 g/mol. The van der Waals surface area contributed by atoms with Crippen molar-refractivity contribution < 1.29 is 28.3 Å². The van der Waals surface area contributed by atoms with E-state index in [9.17, 15) is 14.9 Å². The van der Waals surface area contributed by atoms with Crippen LogP contribution in [0.5, 0.6) is 11.5 Å². The van der Waals surface area contributed by atoms with E-state index in [2.05, 4.69) is 4.74 Å². The van der Waals surface area contributed by atoms with Gasteiger partial charge in [0, 0.05) is 6.07 Å². The summed E-state index contributed by atoms with van der Waals surface area (Å²) in [6, 6.07) is 5.43. The van der Waals surface area contributed by atoms with Crippen LogP contribution in [0.4, 0.5) is 5.69 Å². The number of carbonyl (C=O) groups is 1.